The molecule has 0 unspecified atom stereocenters. The smallest absolute Gasteiger partial charge is 0.139 e. The van der Waals surface area contributed by atoms with E-state index < -0.39 is 0 Å². The van der Waals surface area contributed by atoms with E-state index in [4.69, 9.17) is 22.1 Å². The molecule has 2 rings (SSSR count). The predicted octanol–water partition coefficient (Wildman–Crippen LogP) is 4.40. The molecular formula is C13H10BrClFNO. The minimum atomic E-state index is -0.381. The van der Waals surface area contributed by atoms with Crippen LogP contribution in [0.25, 0.3) is 0 Å². The van der Waals surface area contributed by atoms with E-state index in [1.807, 2.05) is 6.07 Å². The Morgan fingerprint density at radius 1 is 1.22 bits per heavy atom. The normalized spacial score (nSPS) is 10.4. The maximum absolute atomic E-state index is 13.1. The Hall–Kier alpha value is -1.26. The minimum Gasteiger partial charge on any atom is -0.487 e. The summed E-state index contributed by atoms with van der Waals surface area (Å²) in [6, 6.07) is 9.59. The van der Waals surface area contributed by atoms with Crippen molar-refractivity contribution in [3.05, 3.63) is 57.3 Å². The van der Waals surface area contributed by atoms with Gasteiger partial charge in [0.2, 0.25) is 0 Å². The Balaban J connectivity index is 2.13. The lowest BCUT2D eigenvalue weighted by molar-refractivity contribution is 0.305. The van der Waals surface area contributed by atoms with Crippen LogP contribution < -0.4 is 10.5 Å². The summed E-state index contributed by atoms with van der Waals surface area (Å²) in [5.74, 6) is 0.155. The molecule has 0 aromatic heterocycles. The third-order valence-electron chi connectivity index (χ3n) is 2.27. The fourth-order valence-electron chi connectivity index (χ4n) is 1.51. The highest BCUT2D eigenvalue weighted by atomic mass is 79.9. The van der Waals surface area contributed by atoms with Crippen LogP contribution in [0.3, 0.4) is 0 Å². The molecular weight excluding hydrogens is 321 g/mol. The number of ether oxygens (including phenoxy) is 1. The molecule has 0 amide bonds. The highest BCUT2D eigenvalue weighted by Crippen LogP contribution is 2.28. The zero-order valence-corrected chi connectivity index (χ0v) is 11.6. The van der Waals surface area contributed by atoms with E-state index in [1.165, 1.54) is 12.1 Å². The van der Waals surface area contributed by atoms with Gasteiger partial charge in [-0.05, 0) is 42.0 Å². The zero-order chi connectivity index (χ0) is 13.1. The van der Waals surface area contributed by atoms with Crippen molar-refractivity contribution in [3.63, 3.8) is 0 Å². The standard InChI is InChI=1S/C13H10BrClFNO/c14-9-1-2-12(15)13(5-9)18-7-8-3-10(16)6-11(17)4-8/h1-6H,7,17H2. The van der Waals surface area contributed by atoms with Gasteiger partial charge in [0.1, 0.15) is 18.2 Å². The van der Waals surface area contributed by atoms with Crippen molar-refractivity contribution in [2.24, 2.45) is 0 Å². The number of nitrogen functional groups attached to an aromatic ring is 1. The number of rotatable bonds is 3. The molecule has 0 spiro atoms. The van der Waals surface area contributed by atoms with E-state index in [0.29, 0.717) is 22.0 Å². The lowest BCUT2D eigenvalue weighted by atomic mass is 10.2. The molecule has 2 nitrogen and oxygen atoms in total. The van der Waals surface area contributed by atoms with Crippen molar-refractivity contribution < 1.29 is 9.13 Å². The summed E-state index contributed by atoms with van der Waals surface area (Å²) >= 11 is 9.31. The van der Waals surface area contributed by atoms with Crippen LogP contribution in [0.4, 0.5) is 10.1 Å². The summed E-state index contributed by atoms with van der Waals surface area (Å²) in [7, 11) is 0. The van der Waals surface area contributed by atoms with Crippen LogP contribution in [0.15, 0.2) is 40.9 Å². The topological polar surface area (TPSA) is 35.2 Å². The molecule has 0 atom stereocenters. The molecule has 0 aliphatic carbocycles. The number of hydrogen-bond acceptors (Lipinski definition) is 2. The Bertz CT molecular complexity index is 557. The zero-order valence-electron chi connectivity index (χ0n) is 9.29. The van der Waals surface area contributed by atoms with Gasteiger partial charge in [-0.3, -0.25) is 0 Å². The molecule has 5 heteroatoms. The van der Waals surface area contributed by atoms with Gasteiger partial charge in [-0.2, -0.15) is 0 Å². The van der Waals surface area contributed by atoms with Crippen LogP contribution in [0.5, 0.6) is 5.75 Å². The molecule has 0 radical (unpaired) electrons. The number of hydrogen-bond donors (Lipinski definition) is 1. The monoisotopic (exact) mass is 329 g/mol. The van der Waals surface area contributed by atoms with Crippen LogP contribution in [0.1, 0.15) is 5.56 Å². The first kappa shape index (κ1) is 13.2. The fraction of sp³-hybridized carbons (Fsp3) is 0.0769. The Kier molecular flexibility index (Phi) is 4.09. The van der Waals surface area contributed by atoms with Crippen molar-refractivity contribution in [2.75, 3.05) is 5.73 Å². The largest absolute Gasteiger partial charge is 0.487 e. The quantitative estimate of drug-likeness (QED) is 0.846. The number of benzene rings is 2. The summed E-state index contributed by atoms with van der Waals surface area (Å²) in [6.07, 6.45) is 0. The van der Waals surface area contributed by atoms with Crippen molar-refractivity contribution in [2.45, 2.75) is 6.61 Å². The van der Waals surface area contributed by atoms with E-state index >= 15 is 0 Å². The van der Waals surface area contributed by atoms with Gasteiger partial charge >= 0.3 is 0 Å². The van der Waals surface area contributed by atoms with Gasteiger partial charge in [0, 0.05) is 10.2 Å². The van der Waals surface area contributed by atoms with Gasteiger partial charge in [0.05, 0.1) is 5.02 Å². The minimum absolute atomic E-state index is 0.206. The summed E-state index contributed by atoms with van der Waals surface area (Å²) < 4.78 is 19.5. The van der Waals surface area contributed by atoms with Crippen molar-refractivity contribution in [1.29, 1.82) is 0 Å². The van der Waals surface area contributed by atoms with E-state index in [9.17, 15) is 4.39 Å². The fourth-order valence-corrected chi connectivity index (χ4v) is 2.02. The van der Waals surface area contributed by atoms with Crippen LogP contribution >= 0.6 is 27.5 Å². The molecule has 0 fully saturated rings. The van der Waals surface area contributed by atoms with E-state index in [-0.39, 0.29) is 12.4 Å². The maximum Gasteiger partial charge on any atom is 0.139 e. The van der Waals surface area contributed by atoms with Crippen LogP contribution in [-0.2, 0) is 6.61 Å². The van der Waals surface area contributed by atoms with Crippen LogP contribution in [0.2, 0.25) is 5.02 Å². The predicted molar refractivity (Wildman–Crippen MR) is 74.3 cm³/mol. The number of anilines is 1. The molecule has 0 aliphatic rings. The first-order valence-corrected chi connectivity index (χ1v) is 6.34. The summed E-state index contributed by atoms with van der Waals surface area (Å²) in [4.78, 5) is 0. The third kappa shape index (κ3) is 3.37. The number of nitrogens with two attached hydrogens (primary N) is 1. The van der Waals surface area contributed by atoms with Gasteiger partial charge < -0.3 is 10.5 Å². The SMILES string of the molecule is Nc1cc(F)cc(COc2cc(Br)ccc2Cl)c1. The first-order valence-electron chi connectivity index (χ1n) is 5.17. The van der Waals surface area contributed by atoms with Crippen molar-refractivity contribution in [1.82, 2.24) is 0 Å². The summed E-state index contributed by atoms with van der Waals surface area (Å²) in [5, 5.41) is 0.502. The first-order chi connectivity index (χ1) is 8.54. The molecule has 0 aliphatic heterocycles. The van der Waals surface area contributed by atoms with E-state index in [2.05, 4.69) is 15.9 Å². The summed E-state index contributed by atoms with van der Waals surface area (Å²) in [5.41, 5.74) is 6.58. The maximum atomic E-state index is 13.1. The van der Waals surface area contributed by atoms with Gasteiger partial charge in [0.15, 0.2) is 0 Å². The van der Waals surface area contributed by atoms with Gasteiger partial charge in [-0.25, -0.2) is 4.39 Å². The van der Waals surface area contributed by atoms with Crippen molar-refractivity contribution >= 4 is 33.2 Å². The molecule has 2 aromatic rings. The summed E-state index contributed by atoms with van der Waals surface area (Å²) in [6.45, 7) is 0.206. The highest BCUT2D eigenvalue weighted by Gasteiger charge is 2.04. The number of halogens is 3. The Morgan fingerprint density at radius 2 is 2.00 bits per heavy atom. The van der Waals surface area contributed by atoms with Gasteiger partial charge in [-0.15, -0.1) is 0 Å². The second-order valence-electron chi connectivity index (χ2n) is 3.76. The molecule has 2 N–H and O–H groups in total. The Labute approximate surface area is 118 Å². The second kappa shape index (κ2) is 5.59. The second-order valence-corrected chi connectivity index (χ2v) is 5.08. The van der Waals surface area contributed by atoms with Crippen molar-refractivity contribution in [3.8, 4) is 5.75 Å². The van der Waals surface area contributed by atoms with Gasteiger partial charge in [0.25, 0.3) is 0 Å². The lowest BCUT2D eigenvalue weighted by Gasteiger charge is -2.09. The molecule has 0 heterocycles. The highest BCUT2D eigenvalue weighted by molar-refractivity contribution is 9.10. The van der Waals surface area contributed by atoms with E-state index in [0.717, 1.165) is 4.47 Å². The average Bonchev–Trinajstić information content (AvgIpc) is 2.29. The third-order valence-corrected chi connectivity index (χ3v) is 3.07. The van der Waals surface area contributed by atoms with Crippen LogP contribution in [-0.4, -0.2) is 0 Å². The molecule has 0 saturated heterocycles. The molecule has 0 saturated carbocycles. The molecule has 94 valence electrons. The van der Waals surface area contributed by atoms with E-state index in [1.54, 1.807) is 18.2 Å². The lowest BCUT2D eigenvalue weighted by Crippen LogP contribution is -1.98. The average molecular weight is 331 g/mol. The molecule has 18 heavy (non-hydrogen) atoms. The van der Waals surface area contributed by atoms with Gasteiger partial charge in [-0.1, -0.05) is 27.5 Å². The molecule has 2 aromatic carbocycles. The molecule has 0 bridgehead atoms. The Morgan fingerprint density at radius 3 is 2.72 bits per heavy atom. The van der Waals surface area contributed by atoms with Crippen LogP contribution in [0, 0.1) is 5.82 Å².